The van der Waals surface area contributed by atoms with E-state index in [9.17, 15) is 0 Å². The highest BCUT2D eigenvalue weighted by molar-refractivity contribution is 6.65. The predicted octanol–water partition coefficient (Wildman–Crippen LogP) is 4.93. The molecule has 4 nitrogen and oxygen atoms in total. The molecule has 0 spiro atoms. The molecule has 148 valence electrons. The zero-order valence-electron chi connectivity index (χ0n) is 18.2. The predicted molar refractivity (Wildman–Crippen MR) is 117 cm³/mol. The number of aromatic nitrogens is 1. The van der Waals surface area contributed by atoms with Crippen molar-refractivity contribution in [3.8, 4) is 5.75 Å². The van der Waals surface area contributed by atoms with Gasteiger partial charge in [0, 0.05) is 21.8 Å². The first-order valence-corrected chi connectivity index (χ1v) is 9.93. The number of ether oxygens (including phenoxy) is 1. The van der Waals surface area contributed by atoms with Gasteiger partial charge in [-0.25, -0.2) is 0 Å². The third kappa shape index (κ3) is 2.84. The molecule has 2 aromatic carbocycles. The summed E-state index contributed by atoms with van der Waals surface area (Å²) in [4.78, 5) is 3.59. The second kappa shape index (κ2) is 6.01. The summed E-state index contributed by atoms with van der Waals surface area (Å²) in [5.74, 6) is 0.870. The summed E-state index contributed by atoms with van der Waals surface area (Å²) in [6, 6.07) is 10.6. The minimum Gasteiger partial charge on any atom is -0.496 e. The fourth-order valence-corrected chi connectivity index (χ4v) is 3.81. The van der Waals surface area contributed by atoms with Crippen molar-refractivity contribution in [3.05, 3.63) is 35.9 Å². The van der Waals surface area contributed by atoms with E-state index in [0.717, 1.165) is 33.0 Å². The normalized spacial score (nSPS) is 18.9. The largest absolute Gasteiger partial charge is 0.497 e. The maximum Gasteiger partial charge on any atom is 0.497 e. The summed E-state index contributed by atoms with van der Waals surface area (Å²) in [7, 11) is 1.30. The van der Waals surface area contributed by atoms with Crippen LogP contribution in [0.15, 0.2) is 30.3 Å². The topological polar surface area (TPSA) is 43.5 Å². The van der Waals surface area contributed by atoms with Crippen LogP contribution in [0, 0.1) is 0 Å². The lowest BCUT2D eigenvalue weighted by Gasteiger charge is -2.32. The van der Waals surface area contributed by atoms with Gasteiger partial charge in [0.1, 0.15) is 5.75 Å². The van der Waals surface area contributed by atoms with Crippen LogP contribution in [0.5, 0.6) is 5.75 Å². The quantitative estimate of drug-likeness (QED) is 0.643. The van der Waals surface area contributed by atoms with Crippen LogP contribution >= 0.6 is 0 Å². The lowest BCUT2D eigenvalue weighted by atomic mass is 9.74. The van der Waals surface area contributed by atoms with E-state index in [-0.39, 0.29) is 16.6 Å². The summed E-state index contributed by atoms with van der Waals surface area (Å²) in [5, 5.41) is 2.24. The zero-order chi connectivity index (χ0) is 20.5. The molecule has 0 aliphatic carbocycles. The number of fused-ring (bicyclic) bond motifs is 3. The number of aromatic amines is 1. The first kappa shape index (κ1) is 19.3. The van der Waals surface area contributed by atoms with Crippen molar-refractivity contribution in [2.75, 3.05) is 7.11 Å². The molecule has 2 heterocycles. The molecule has 1 aliphatic rings. The Morgan fingerprint density at radius 3 is 2.21 bits per heavy atom. The molecule has 28 heavy (non-hydrogen) atoms. The Hall–Kier alpha value is -1.98. The Balaban J connectivity index is 2.03. The van der Waals surface area contributed by atoms with Crippen LogP contribution in [0.2, 0.25) is 0 Å². The summed E-state index contributed by atoms with van der Waals surface area (Å²) in [6.45, 7) is 15.0. The van der Waals surface area contributed by atoms with Gasteiger partial charge in [-0.2, -0.15) is 0 Å². The summed E-state index contributed by atoms with van der Waals surface area (Å²) in [5.41, 5.74) is 3.62. The van der Waals surface area contributed by atoms with Crippen molar-refractivity contribution in [3.63, 3.8) is 0 Å². The fourth-order valence-electron chi connectivity index (χ4n) is 3.81. The number of H-pyrrole nitrogens is 1. The Morgan fingerprint density at radius 1 is 1.00 bits per heavy atom. The fraction of sp³-hybridized carbons (Fsp3) is 0.478. The standard InChI is InChI=1S/C23H30BNO3/c1-21(2,3)14-12-15-19-17(10-9-11-18(19)26-8)25-20(15)16(13-14)24-27-22(4,5)23(6,7)28-24/h9-13,25H,1-8H3. The molecule has 0 amide bonds. The maximum atomic E-state index is 6.40. The van der Waals surface area contributed by atoms with Crippen LogP contribution in [0.4, 0.5) is 0 Å². The minimum atomic E-state index is -0.422. The van der Waals surface area contributed by atoms with E-state index in [1.54, 1.807) is 7.11 Å². The highest BCUT2D eigenvalue weighted by Gasteiger charge is 2.52. The van der Waals surface area contributed by atoms with E-state index in [0.29, 0.717) is 0 Å². The van der Waals surface area contributed by atoms with Gasteiger partial charge in [-0.05, 0) is 56.9 Å². The number of nitrogens with one attached hydrogen (secondary N) is 1. The molecule has 0 bridgehead atoms. The van der Waals surface area contributed by atoms with E-state index in [1.165, 1.54) is 5.56 Å². The Morgan fingerprint density at radius 2 is 1.64 bits per heavy atom. The summed E-state index contributed by atoms with van der Waals surface area (Å²) in [6.07, 6.45) is 0. The highest BCUT2D eigenvalue weighted by atomic mass is 16.7. The Bertz CT molecular complexity index is 1040. The molecule has 1 aromatic heterocycles. The SMILES string of the molecule is COc1cccc2[nH]c3c(B4OC(C)(C)C(C)(C)O4)cc(C(C)(C)C)cc3c12. The summed E-state index contributed by atoms with van der Waals surface area (Å²) >= 11 is 0. The van der Waals surface area contributed by atoms with Gasteiger partial charge in [-0.3, -0.25) is 0 Å². The number of methoxy groups -OCH3 is 1. The van der Waals surface area contributed by atoms with Gasteiger partial charge in [0.2, 0.25) is 0 Å². The first-order chi connectivity index (χ1) is 12.9. The molecular weight excluding hydrogens is 349 g/mol. The monoisotopic (exact) mass is 379 g/mol. The van der Waals surface area contributed by atoms with E-state index < -0.39 is 7.12 Å². The van der Waals surface area contributed by atoms with Crippen LogP contribution in [0.1, 0.15) is 54.0 Å². The van der Waals surface area contributed by atoms with Crippen molar-refractivity contribution < 1.29 is 14.0 Å². The molecule has 5 heteroatoms. The van der Waals surface area contributed by atoms with Crippen molar-refractivity contribution in [1.82, 2.24) is 4.98 Å². The first-order valence-electron chi connectivity index (χ1n) is 9.93. The average molecular weight is 379 g/mol. The van der Waals surface area contributed by atoms with Gasteiger partial charge >= 0.3 is 7.12 Å². The van der Waals surface area contributed by atoms with Gasteiger partial charge in [0.15, 0.2) is 0 Å². The number of benzene rings is 2. The molecule has 0 unspecified atom stereocenters. The van der Waals surface area contributed by atoms with E-state index in [2.05, 4.69) is 71.6 Å². The third-order valence-corrected chi connectivity index (χ3v) is 6.32. The molecular formula is C23H30BNO3. The number of rotatable bonds is 2. The molecule has 1 fully saturated rings. The van der Waals surface area contributed by atoms with Gasteiger partial charge < -0.3 is 19.0 Å². The Kier molecular flexibility index (Phi) is 4.15. The van der Waals surface area contributed by atoms with Crippen LogP contribution < -0.4 is 10.2 Å². The molecule has 4 rings (SSSR count). The lowest BCUT2D eigenvalue weighted by molar-refractivity contribution is 0.00578. The molecule has 1 N–H and O–H groups in total. The van der Waals surface area contributed by atoms with Crippen molar-refractivity contribution in [2.24, 2.45) is 0 Å². The van der Waals surface area contributed by atoms with Crippen LogP contribution in [0.25, 0.3) is 21.8 Å². The summed E-state index contributed by atoms with van der Waals surface area (Å²) < 4.78 is 18.5. The zero-order valence-corrected chi connectivity index (χ0v) is 18.2. The van der Waals surface area contributed by atoms with Gasteiger partial charge in [0.05, 0.1) is 23.8 Å². The lowest BCUT2D eigenvalue weighted by Crippen LogP contribution is -2.41. The molecule has 1 aliphatic heterocycles. The van der Waals surface area contributed by atoms with Crippen LogP contribution in [-0.2, 0) is 14.7 Å². The molecule has 1 saturated heterocycles. The van der Waals surface area contributed by atoms with Crippen LogP contribution in [0.3, 0.4) is 0 Å². The number of hydrogen-bond acceptors (Lipinski definition) is 3. The second-order valence-corrected chi connectivity index (χ2v) is 9.83. The van der Waals surface area contributed by atoms with Crippen molar-refractivity contribution in [2.45, 2.75) is 65.1 Å². The maximum absolute atomic E-state index is 6.40. The smallest absolute Gasteiger partial charge is 0.496 e. The van der Waals surface area contributed by atoms with Gasteiger partial charge in [0.25, 0.3) is 0 Å². The molecule has 0 radical (unpaired) electrons. The van der Waals surface area contributed by atoms with Crippen LogP contribution in [-0.4, -0.2) is 30.4 Å². The number of hydrogen-bond donors (Lipinski definition) is 1. The molecule has 0 atom stereocenters. The van der Waals surface area contributed by atoms with E-state index in [4.69, 9.17) is 14.0 Å². The van der Waals surface area contributed by atoms with Gasteiger partial charge in [-0.15, -0.1) is 0 Å². The van der Waals surface area contributed by atoms with E-state index in [1.807, 2.05) is 12.1 Å². The Labute approximate surface area is 167 Å². The van der Waals surface area contributed by atoms with Crippen molar-refractivity contribution in [1.29, 1.82) is 0 Å². The third-order valence-electron chi connectivity index (χ3n) is 6.32. The minimum absolute atomic E-state index is 0.00180. The highest BCUT2D eigenvalue weighted by Crippen LogP contribution is 2.39. The average Bonchev–Trinajstić information content (AvgIpc) is 3.07. The van der Waals surface area contributed by atoms with E-state index >= 15 is 0 Å². The van der Waals surface area contributed by atoms with Gasteiger partial charge in [-0.1, -0.05) is 32.9 Å². The molecule has 3 aromatic rings. The molecule has 0 saturated carbocycles. The second-order valence-electron chi connectivity index (χ2n) is 9.83. The van der Waals surface area contributed by atoms with Crippen molar-refractivity contribution >= 4 is 34.4 Å².